The van der Waals surface area contributed by atoms with Gasteiger partial charge in [0.1, 0.15) is 0 Å². The molecule has 34 heavy (non-hydrogen) atoms. The molecule has 1 amide bonds. The number of amides is 1. The van der Waals surface area contributed by atoms with Crippen molar-refractivity contribution >= 4 is 45.0 Å². The molecule has 0 saturated carbocycles. The van der Waals surface area contributed by atoms with Gasteiger partial charge in [0.15, 0.2) is 10.9 Å². The second-order valence-electron chi connectivity index (χ2n) is 8.07. The molecule has 0 unspecified atom stereocenters. The number of aromatic nitrogens is 2. The van der Waals surface area contributed by atoms with Gasteiger partial charge in [-0.05, 0) is 61.3 Å². The van der Waals surface area contributed by atoms with Crippen molar-refractivity contribution in [2.75, 3.05) is 24.7 Å². The van der Waals surface area contributed by atoms with Crippen molar-refractivity contribution in [3.8, 4) is 0 Å². The molecule has 1 fully saturated rings. The van der Waals surface area contributed by atoms with E-state index in [2.05, 4.69) is 27.4 Å². The number of hydrogen-bond acceptors (Lipinski definition) is 6. The van der Waals surface area contributed by atoms with E-state index in [1.807, 2.05) is 18.2 Å². The van der Waals surface area contributed by atoms with Crippen LogP contribution in [0.25, 0.3) is 0 Å². The Labute approximate surface area is 209 Å². The summed E-state index contributed by atoms with van der Waals surface area (Å²) in [6, 6.07) is 16.5. The second-order valence-corrected chi connectivity index (χ2v) is 11.2. The molecule has 1 aliphatic heterocycles. The number of halogens is 1. The molecule has 1 aliphatic rings. The molecule has 10 heteroatoms. The molecule has 0 aliphatic carbocycles. The molecular formula is C24H25ClN4O3S2. The molecule has 1 aromatic heterocycles. The smallest absolute Gasteiger partial charge is 0.275 e. The molecule has 1 N–H and O–H groups in total. The average Bonchev–Trinajstić information content (AvgIpc) is 2.85. The van der Waals surface area contributed by atoms with Gasteiger partial charge in [-0.2, -0.15) is 4.31 Å². The minimum absolute atomic E-state index is 0.0658. The third kappa shape index (κ3) is 5.78. The molecule has 1 saturated heterocycles. The number of piperidine rings is 1. The Morgan fingerprint density at radius 3 is 2.44 bits per heavy atom. The number of carbonyl (C=O) groups is 1. The van der Waals surface area contributed by atoms with Crippen LogP contribution in [0.2, 0.25) is 5.02 Å². The highest BCUT2D eigenvalue weighted by molar-refractivity contribution is 7.98. The largest absolute Gasteiger partial charge is 0.321 e. The van der Waals surface area contributed by atoms with Crippen LogP contribution in [-0.4, -0.2) is 47.9 Å². The summed E-state index contributed by atoms with van der Waals surface area (Å²) in [5.74, 6) is -0.00882. The second kappa shape index (κ2) is 10.9. The predicted octanol–water partition coefficient (Wildman–Crippen LogP) is 4.75. The van der Waals surface area contributed by atoms with Crippen molar-refractivity contribution in [2.24, 2.45) is 5.92 Å². The minimum Gasteiger partial charge on any atom is -0.321 e. The summed E-state index contributed by atoms with van der Waals surface area (Å²) in [5.41, 5.74) is 1.80. The van der Waals surface area contributed by atoms with Crippen LogP contribution in [-0.2, 0) is 16.4 Å². The number of nitrogens with zero attached hydrogens (tertiary/aromatic N) is 3. The van der Waals surface area contributed by atoms with Gasteiger partial charge in [0.05, 0.1) is 16.1 Å². The van der Waals surface area contributed by atoms with Gasteiger partial charge in [-0.15, -0.1) is 0 Å². The quantitative estimate of drug-likeness (QED) is 0.360. The fraction of sp³-hybridized carbons (Fsp3) is 0.292. The van der Waals surface area contributed by atoms with Gasteiger partial charge in [0, 0.05) is 18.8 Å². The highest BCUT2D eigenvalue weighted by Crippen LogP contribution is 2.27. The van der Waals surface area contributed by atoms with Crippen molar-refractivity contribution in [3.05, 3.63) is 77.1 Å². The first-order valence-corrected chi connectivity index (χ1v) is 13.9. The Hall–Kier alpha value is -2.46. The van der Waals surface area contributed by atoms with Crippen LogP contribution in [0.15, 0.2) is 70.8 Å². The Kier molecular flexibility index (Phi) is 7.88. The molecular weight excluding hydrogens is 492 g/mol. The Bertz CT molecular complexity index is 1250. The number of sulfonamides is 1. The molecule has 2 heterocycles. The third-order valence-electron chi connectivity index (χ3n) is 5.81. The normalized spacial score (nSPS) is 15.2. The number of hydrogen-bond donors (Lipinski definition) is 1. The van der Waals surface area contributed by atoms with E-state index >= 15 is 0 Å². The number of anilines is 1. The van der Waals surface area contributed by atoms with E-state index in [1.54, 1.807) is 22.7 Å². The van der Waals surface area contributed by atoms with Gasteiger partial charge in [0.2, 0.25) is 10.0 Å². The molecule has 4 rings (SSSR count). The third-order valence-corrected chi connectivity index (χ3v) is 8.56. The van der Waals surface area contributed by atoms with Crippen molar-refractivity contribution < 1.29 is 13.2 Å². The lowest BCUT2D eigenvalue weighted by molar-refractivity contribution is 0.102. The van der Waals surface area contributed by atoms with E-state index in [9.17, 15) is 13.2 Å². The zero-order valence-corrected chi connectivity index (χ0v) is 21.0. The van der Waals surface area contributed by atoms with Crippen LogP contribution >= 0.6 is 23.4 Å². The Morgan fingerprint density at radius 1 is 1.12 bits per heavy atom. The van der Waals surface area contributed by atoms with Gasteiger partial charge < -0.3 is 5.32 Å². The lowest BCUT2D eigenvalue weighted by atomic mass is 9.91. The first-order chi connectivity index (χ1) is 16.4. The van der Waals surface area contributed by atoms with Crippen molar-refractivity contribution in [1.82, 2.24) is 14.3 Å². The maximum atomic E-state index is 13.1. The van der Waals surface area contributed by atoms with E-state index in [-0.39, 0.29) is 15.6 Å². The fourth-order valence-corrected chi connectivity index (χ4v) is 5.95. The standard InChI is InChI=1S/C24H25ClN4O3S2/c1-33-24-26-16-21(25)22(28-24)23(30)27-19-7-9-20(10-8-19)34(31,32)29-13-11-18(12-14-29)15-17-5-3-2-4-6-17/h2-10,16,18H,11-15H2,1H3,(H,27,30). The van der Waals surface area contributed by atoms with Gasteiger partial charge in [-0.25, -0.2) is 18.4 Å². The Balaban J connectivity index is 1.38. The Morgan fingerprint density at radius 2 is 1.79 bits per heavy atom. The van der Waals surface area contributed by atoms with Crippen LogP contribution in [0.5, 0.6) is 0 Å². The number of rotatable bonds is 7. The molecule has 0 atom stereocenters. The average molecular weight is 517 g/mol. The van der Waals surface area contributed by atoms with Gasteiger partial charge in [0.25, 0.3) is 5.91 Å². The molecule has 0 radical (unpaired) electrons. The molecule has 178 valence electrons. The zero-order valence-electron chi connectivity index (χ0n) is 18.6. The van der Waals surface area contributed by atoms with E-state index < -0.39 is 15.9 Å². The summed E-state index contributed by atoms with van der Waals surface area (Å²) >= 11 is 7.36. The summed E-state index contributed by atoms with van der Waals surface area (Å²) in [7, 11) is -3.60. The number of carbonyl (C=O) groups excluding carboxylic acids is 1. The van der Waals surface area contributed by atoms with E-state index in [0.29, 0.717) is 29.9 Å². The van der Waals surface area contributed by atoms with E-state index in [1.165, 1.54) is 35.7 Å². The molecule has 3 aromatic rings. The number of nitrogens with one attached hydrogen (secondary N) is 1. The molecule has 2 aromatic carbocycles. The highest BCUT2D eigenvalue weighted by Gasteiger charge is 2.29. The maximum Gasteiger partial charge on any atom is 0.275 e. The van der Waals surface area contributed by atoms with Crippen LogP contribution in [0.4, 0.5) is 5.69 Å². The number of thioether (sulfide) groups is 1. The summed E-state index contributed by atoms with van der Waals surface area (Å²) in [6.45, 7) is 1.00. The highest BCUT2D eigenvalue weighted by atomic mass is 35.5. The number of benzene rings is 2. The molecule has 0 spiro atoms. The predicted molar refractivity (Wildman–Crippen MR) is 135 cm³/mol. The van der Waals surface area contributed by atoms with Crippen LogP contribution in [0.3, 0.4) is 0 Å². The van der Waals surface area contributed by atoms with Crippen molar-refractivity contribution in [3.63, 3.8) is 0 Å². The topological polar surface area (TPSA) is 92.3 Å². The minimum atomic E-state index is -3.60. The van der Waals surface area contributed by atoms with Crippen LogP contribution in [0, 0.1) is 5.92 Å². The van der Waals surface area contributed by atoms with E-state index in [0.717, 1.165) is 19.3 Å². The monoisotopic (exact) mass is 516 g/mol. The van der Waals surface area contributed by atoms with Gasteiger partial charge in [-0.1, -0.05) is 53.7 Å². The summed E-state index contributed by atoms with van der Waals surface area (Å²) in [4.78, 5) is 20.9. The fourth-order valence-electron chi connectivity index (χ4n) is 3.96. The molecule has 0 bridgehead atoms. The first kappa shape index (κ1) is 24.7. The first-order valence-electron chi connectivity index (χ1n) is 10.9. The van der Waals surface area contributed by atoms with Crippen molar-refractivity contribution in [2.45, 2.75) is 29.3 Å². The van der Waals surface area contributed by atoms with Crippen LogP contribution < -0.4 is 5.32 Å². The zero-order chi connectivity index (χ0) is 24.1. The van der Waals surface area contributed by atoms with Crippen molar-refractivity contribution in [1.29, 1.82) is 0 Å². The van der Waals surface area contributed by atoms with Crippen LogP contribution in [0.1, 0.15) is 28.9 Å². The SMILES string of the molecule is CSc1ncc(Cl)c(C(=O)Nc2ccc(S(=O)(=O)N3CCC(Cc4ccccc4)CC3)cc2)n1. The molecule has 7 nitrogen and oxygen atoms in total. The summed E-state index contributed by atoms with van der Waals surface area (Å²) in [5, 5.41) is 3.28. The maximum absolute atomic E-state index is 13.1. The van der Waals surface area contributed by atoms with Gasteiger partial charge in [-0.3, -0.25) is 4.79 Å². The lowest BCUT2D eigenvalue weighted by Gasteiger charge is -2.31. The lowest BCUT2D eigenvalue weighted by Crippen LogP contribution is -2.38. The summed E-state index contributed by atoms with van der Waals surface area (Å²) < 4.78 is 27.8. The van der Waals surface area contributed by atoms with Gasteiger partial charge >= 0.3 is 0 Å². The summed E-state index contributed by atoms with van der Waals surface area (Å²) in [6.07, 6.45) is 5.82. The van der Waals surface area contributed by atoms with E-state index in [4.69, 9.17) is 11.6 Å².